The van der Waals surface area contributed by atoms with E-state index in [-0.39, 0.29) is 11.5 Å². The molecule has 0 aliphatic heterocycles. The lowest BCUT2D eigenvalue weighted by atomic mass is 10.0. The number of hydrogen-bond acceptors (Lipinski definition) is 5. The van der Waals surface area contributed by atoms with Gasteiger partial charge in [0.2, 0.25) is 0 Å². The van der Waals surface area contributed by atoms with Gasteiger partial charge in [0.05, 0.1) is 0 Å². The number of aliphatic carboxylic acids is 1. The molecule has 0 bridgehead atoms. The van der Waals surface area contributed by atoms with Crippen LogP contribution in [0.2, 0.25) is 0 Å². The Morgan fingerprint density at radius 2 is 1.93 bits per heavy atom. The fourth-order valence-corrected chi connectivity index (χ4v) is 2.63. The summed E-state index contributed by atoms with van der Waals surface area (Å²) in [5, 5.41) is 23.8. The molecule has 0 spiro atoms. The Morgan fingerprint density at radius 3 is 2.37 bits per heavy atom. The van der Waals surface area contributed by atoms with Gasteiger partial charge in [0, 0.05) is 30.7 Å². The molecule has 1 atom stereocenters. The van der Waals surface area contributed by atoms with Crippen molar-refractivity contribution in [2.75, 3.05) is 23.3 Å². The molecular formula is C20H28N4O3. The lowest BCUT2D eigenvalue weighted by molar-refractivity contribution is -0.142. The standard InChI is InChI=1S/C20H28N4O3/c1-6-24(7-2)16-8-9-17(14(5)10-16)22-12-15(11-21)19(25)23-18(13(3)4)20(26)27/h8-10,12-13,18,22H,6-7H2,1-5H3,(H,23,25)(H,26,27)/b15-12-. The van der Waals surface area contributed by atoms with E-state index in [2.05, 4.69) is 29.4 Å². The van der Waals surface area contributed by atoms with Gasteiger partial charge in [0.1, 0.15) is 17.7 Å². The molecule has 0 fully saturated rings. The summed E-state index contributed by atoms with van der Waals surface area (Å²) in [6, 6.07) is 6.66. The number of carboxylic acid groups (broad SMARTS) is 1. The van der Waals surface area contributed by atoms with Gasteiger partial charge < -0.3 is 20.6 Å². The third-order valence-corrected chi connectivity index (χ3v) is 4.29. The Balaban J connectivity index is 2.94. The fraction of sp³-hybridized carbons (Fsp3) is 0.450. The second-order valence-corrected chi connectivity index (χ2v) is 6.52. The van der Waals surface area contributed by atoms with E-state index in [1.807, 2.05) is 31.2 Å². The van der Waals surface area contributed by atoms with E-state index < -0.39 is 17.9 Å². The topological polar surface area (TPSA) is 105 Å². The van der Waals surface area contributed by atoms with Crippen LogP contribution >= 0.6 is 0 Å². The number of nitriles is 1. The van der Waals surface area contributed by atoms with Crippen molar-refractivity contribution in [3.05, 3.63) is 35.5 Å². The molecule has 0 saturated carbocycles. The van der Waals surface area contributed by atoms with Gasteiger partial charge in [-0.05, 0) is 50.5 Å². The minimum absolute atomic E-state index is 0.186. The molecule has 27 heavy (non-hydrogen) atoms. The van der Waals surface area contributed by atoms with Crippen molar-refractivity contribution in [3.63, 3.8) is 0 Å². The molecule has 146 valence electrons. The Hall–Kier alpha value is -3.01. The zero-order valence-electron chi connectivity index (χ0n) is 16.5. The average Bonchev–Trinajstić information content (AvgIpc) is 2.62. The highest BCUT2D eigenvalue weighted by molar-refractivity contribution is 5.99. The minimum atomic E-state index is -1.13. The van der Waals surface area contributed by atoms with Crippen LogP contribution in [-0.2, 0) is 9.59 Å². The van der Waals surface area contributed by atoms with Gasteiger partial charge in [0.15, 0.2) is 0 Å². The Bertz CT molecular complexity index is 746. The van der Waals surface area contributed by atoms with Crippen molar-refractivity contribution >= 4 is 23.3 Å². The van der Waals surface area contributed by atoms with E-state index in [9.17, 15) is 14.9 Å². The molecule has 3 N–H and O–H groups in total. The molecular weight excluding hydrogens is 344 g/mol. The first-order valence-electron chi connectivity index (χ1n) is 9.01. The van der Waals surface area contributed by atoms with Crippen molar-refractivity contribution in [2.24, 2.45) is 5.92 Å². The molecule has 0 aliphatic carbocycles. The maximum Gasteiger partial charge on any atom is 0.326 e. The summed E-state index contributed by atoms with van der Waals surface area (Å²) in [5.41, 5.74) is 2.66. The smallest absolute Gasteiger partial charge is 0.326 e. The molecule has 1 aromatic carbocycles. The van der Waals surface area contributed by atoms with Gasteiger partial charge in [-0.2, -0.15) is 5.26 Å². The predicted octanol–water partition coefficient (Wildman–Crippen LogP) is 2.89. The van der Waals surface area contributed by atoms with Gasteiger partial charge in [-0.3, -0.25) is 4.79 Å². The zero-order chi connectivity index (χ0) is 20.6. The van der Waals surface area contributed by atoms with Gasteiger partial charge in [-0.1, -0.05) is 13.8 Å². The highest BCUT2D eigenvalue weighted by Crippen LogP contribution is 2.22. The van der Waals surface area contributed by atoms with E-state index in [1.54, 1.807) is 13.8 Å². The maximum atomic E-state index is 12.2. The molecule has 7 heteroatoms. The number of anilines is 2. The second kappa shape index (κ2) is 10.2. The molecule has 0 radical (unpaired) electrons. The summed E-state index contributed by atoms with van der Waals surface area (Å²) in [4.78, 5) is 25.6. The number of carbonyl (C=O) groups excluding carboxylic acids is 1. The number of carboxylic acids is 1. The molecule has 0 aliphatic rings. The normalized spacial score (nSPS) is 12.3. The molecule has 0 saturated heterocycles. The van der Waals surface area contributed by atoms with Crippen molar-refractivity contribution in [2.45, 2.75) is 40.7 Å². The highest BCUT2D eigenvalue weighted by atomic mass is 16.4. The van der Waals surface area contributed by atoms with E-state index >= 15 is 0 Å². The first-order valence-corrected chi connectivity index (χ1v) is 9.01. The van der Waals surface area contributed by atoms with Gasteiger partial charge in [0.25, 0.3) is 5.91 Å². The lowest BCUT2D eigenvalue weighted by Gasteiger charge is -2.22. The molecule has 7 nitrogen and oxygen atoms in total. The third kappa shape index (κ3) is 6.03. The lowest BCUT2D eigenvalue weighted by Crippen LogP contribution is -2.44. The second-order valence-electron chi connectivity index (χ2n) is 6.52. The summed E-state index contributed by atoms with van der Waals surface area (Å²) >= 11 is 0. The van der Waals surface area contributed by atoms with Crippen molar-refractivity contribution in [3.8, 4) is 6.07 Å². The summed E-state index contributed by atoms with van der Waals surface area (Å²) < 4.78 is 0. The van der Waals surface area contributed by atoms with Crippen LogP contribution in [0.25, 0.3) is 0 Å². The first-order chi connectivity index (χ1) is 12.7. The van der Waals surface area contributed by atoms with Crippen molar-refractivity contribution in [1.29, 1.82) is 5.26 Å². The van der Waals surface area contributed by atoms with Crippen molar-refractivity contribution < 1.29 is 14.7 Å². The fourth-order valence-electron chi connectivity index (χ4n) is 2.63. The third-order valence-electron chi connectivity index (χ3n) is 4.29. The SMILES string of the molecule is CCN(CC)c1ccc(N/C=C(/C#N)C(=O)NC(C(=O)O)C(C)C)c(C)c1. The number of benzene rings is 1. The number of amides is 1. The van der Waals surface area contributed by atoms with E-state index in [1.165, 1.54) is 6.20 Å². The van der Waals surface area contributed by atoms with Crippen LogP contribution < -0.4 is 15.5 Å². The van der Waals surface area contributed by atoms with Crippen LogP contribution in [0.5, 0.6) is 0 Å². The predicted molar refractivity (Wildman–Crippen MR) is 106 cm³/mol. The number of aryl methyl sites for hydroxylation is 1. The highest BCUT2D eigenvalue weighted by Gasteiger charge is 2.24. The van der Waals surface area contributed by atoms with Crippen LogP contribution in [0, 0.1) is 24.2 Å². The van der Waals surface area contributed by atoms with Crippen molar-refractivity contribution in [1.82, 2.24) is 5.32 Å². The molecule has 0 heterocycles. The van der Waals surface area contributed by atoms with E-state index in [4.69, 9.17) is 5.11 Å². The number of rotatable bonds is 9. The Morgan fingerprint density at radius 1 is 1.30 bits per heavy atom. The summed E-state index contributed by atoms with van der Waals surface area (Å²) in [6.07, 6.45) is 1.30. The monoisotopic (exact) mass is 372 g/mol. The van der Waals surface area contributed by atoms with E-state index in [0.29, 0.717) is 0 Å². The van der Waals surface area contributed by atoms with Gasteiger partial charge in [-0.15, -0.1) is 0 Å². The van der Waals surface area contributed by atoms with Crippen LogP contribution in [-0.4, -0.2) is 36.1 Å². The summed E-state index contributed by atoms with van der Waals surface area (Å²) in [6.45, 7) is 11.3. The van der Waals surface area contributed by atoms with Crippen LogP contribution in [0.3, 0.4) is 0 Å². The molecule has 1 aromatic rings. The number of hydrogen-bond donors (Lipinski definition) is 3. The first kappa shape index (κ1) is 22.0. The molecule has 0 aromatic heterocycles. The summed E-state index contributed by atoms with van der Waals surface area (Å²) in [5.74, 6) is -2.15. The number of carbonyl (C=O) groups is 2. The van der Waals surface area contributed by atoms with Gasteiger partial charge in [-0.25, -0.2) is 4.79 Å². The molecule has 1 rings (SSSR count). The van der Waals surface area contributed by atoms with E-state index in [0.717, 1.165) is 30.0 Å². The van der Waals surface area contributed by atoms with Gasteiger partial charge >= 0.3 is 5.97 Å². The van der Waals surface area contributed by atoms with Crippen LogP contribution in [0.15, 0.2) is 30.0 Å². The minimum Gasteiger partial charge on any atom is -0.480 e. The number of nitrogens with zero attached hydrogens (tertiary/aromatic N) is 2. The molecule has 1 amide bonds. The maximum absolute atomic E-state index is 12.2. The number of nitrogens with one attached hydrogen (secondary N) is 2. The molecule has 1 unspecified atom stereocenters. The average molecular weight is 372 g/mol. The quantitative estimate of drug-likeness (QED) is 0.455. The van der Waals surface area contributed by atoms with Crippen LogP contribution in [0.1, 0.15) is 33.3 Å². The Labute approximate surface area is 160 Å². The Kier molecular flexibility index (Phi) is 8.34. The summed E-state index contributed by atoms with van der Waals surface area (Å²) in [7, 11) is 0. The zero-order valence-corrected chi connectivity index (χ0v) is 16.5. The van der Waals surface area contributed by atoms with Crippen LogP contribution in [0.4, 0.5) is 11.4 Å². The largest absolute Gasteiger partial charge is 0.480 e.